The average molecular weight is 315 g/mol. The topological polar surface area (TPSA) is 39.2 Å². The van der Waals surface area contributed by atoms with Gasteiger partial charge in [0, 0.05) is 6.42 Å². The second-order valence-electron chi connectivity index (χ2n) is 4.96. The molecule has 1 aromatic heterocycles. The van der Waals surface area contributed by atoms with Crippen molar-refractivity contribution in [1.29, 1.82) is 0 Å². The van der Waals surface area contributed by atoms with Gasteiger partial charge in [-0.05, 0) is 35.9 Å². The number of ether oxygens (including phenoxy) is 1. The van der Waals surface area contributed by atoms with E-state index in [0.717, 1.165) is 26.5 Å². The van der Waals surface area contributed by atoms with Gasteiger partial charge in [-0.2, -0.15) is 0 Å². The lowest BCUT2D eigenvalue weighted by molar-refractivity contribution is -0.117. The Kier molecular flexibility index (Phi) is 4.15. The molecular weight excluding hydrogens is 301 g/mol. The molecule has 0 aliphatic heterocycles. The maximum atomic E-state index is 12.8. The Hall–Kier alpha value is -2.27. The molecule has 0 amide bonds. The van der Waals surface area contributed by atoms with Crippen LogP contribution in [0.15, 0.2) is 42.5 Å². The van der Waals surface area contributed by atoms with E-state index in [2.05, 4.69) is 4.98 Å². The molecule has 0 N–H and O–H groups in total. The van der Waals surface area contributed by atoms with Crippen molar-refractivity contribution in [1.82, 2.24) is 4.98 Å². The summed E-state index contributed by atoms with van der Waals surface area (Å²) in [5.41, 5.74) is 1.68. The van der Waals surface area contributed by atoms with Crippen molar-refractivity contribution >= 4 is 27.3 Å². The molecule has 3 nitrogen and oxygen atoms in total. The van der Waals surface area contributed by atoms with E-state index in [1.807, 2.05) is 18.2 Å². The van der Waals surface area contributed by atoms with Crippen molar-refractivity contribution in [3.05, 3.63) is 58.9 Å². The summed E-state index contributed by atoms with van der Waals surface area (Å²) in [5.74, 6) is 0.550. The predicted octanol–water partition coefficient (Wildman–Crippen LogP) is 3.80. The lowest BCUT2D eigenvalue weighted by Crippen LogP contribution is -2.06. The number of benzene rings is 2. The zero-order chi connectivity index (χ0) is 15.5. The molecule has 0 radical (unpaired) electrons. The molecule has 0 spiro atoms. The average Bonchev–Trinajstić information content (AvgIpc) is 2.90. The van der Waals surface area contributed by atoms with E-state index in [0.29, 0.717) is 12.8 Å². The molecule has 0 unspecified atom stereocenters. The standard InChI is InChI=1S/C17H14FNO2S/c1-21-14-6-7-15-16(10-14)22-17(19-15)9-13(20)8-11-2-4-12(18)5-3-11/h2-7,10H,8-9H2,1H3. The van der Waals surface area contributed by atoms with Gasteiger partial charge >= 0.3 is 0 Å². The van der Waals surface area contributed by atoms with Gasteiger partial charge in [-0.15, -0.1) is 11.3 Å². The summed E-state index contributed by atoms with van der Waals surface area (Å²) in [4.78, 5) is 16.6. The molecule has 1 heterocycles. The van der Waals surface area contributed by atoms with Gasteiger partial charge in [0.05, 0.1) is 23.7 Å². The number of rotatable bonds is 5. The van der Waals surface area contributed by atoms with Gasteiger partial charge in [0.2, 0.25) is 0 Å². The quantitative estimate of drug-likeness (QED) is 0.719. The monoisotopic (exact) mass is 315 g/mol. The number of carbonyl (C=O) groups excluding carboxylic acids is 1. The van der Waals surface area contributed by atoms with Crippen LogP contribution in [-0.2, 0) is 17.6 Å². The normalized spacial score (nSPS) is 10.8. The molecule has 0 aliphatic carbocycles. The van der Waals surface area contributed by atoms with E-state index in [4.69, 9.17) is 4.74 Å². The SMILES string of the molecule is COc1ccc2nc(CC(=O)Cc3ccc(F)cc3)sc2c1. The van der Waals surface area contributed by atoms with Crippen LogP contribution in [0.3, 0.4) is 0 Å². The van der Waals surface area contributed by atoms with Crippen molar-refractivity contribution in [2.45, 2.75) is 12.8 Å². The first kappa shape index (κ1) is 14.7. The van der Waals surface area contributed by atoms with E-state index in [-0.39, 0.29) is 11.6 Å². The van der Waals surface area contributed by atoms with E-state index in [1.54, 1.807) is 19.2 Å². The highest BCUT2D eigenvalue weighted by molar-refractivity contribution is 7.18. The van der Waals surface area contributed by atoms with Crippen LogP contribution in [0.1, 0.15) is 10.6 Å². The molecule has 0 aliphatic rings. The first-order valence-corrected chi connectivity index (χ1v) is 7.65. The zero-order valence-corrected chi connectivity index (χ0v) is 12.8. The number of thiazole rings is 1. The van der Waals surface area contributed by atoms with Crippen molar-refractivity contribution in [2.24, 2.45) is 0 Å². The summed E-state index contributed by atoms with van der Waals surface area (Å²) in [6, 6.07) is 11.7. The lowest BCUT2D eigenvalue weighted by atomic mass is 10.1. The molecule has 0 bridgehead atoms. The van der Waals surface area contributed by atoms with Gasteiger partial charge in [-0.25, -0.2) is 9.37 Å². The number of methoxy groups -OCH3 is 1. The smallest absolute Gasteiger partial charge is 0.144 e. The van der Waals surface area contributed by atoms with E-state index >= 15 is 0 Å². The second-order valence-corrected chi connectivity index (χ2v) is 6.08. The lowest BCUT2D eigenvalue weighted by Gasteiger charge is -1.99. The highest BCUT2D eigenvalue weighted by atomic mass is 32.1. The Morgan fingerprint density at radius 2 is 1.95 bits per heavy atom. The fourth-order valence-electron chi connectivity index (χ4n) is 2.22. The molecule has 2 aromatic carbocycles. The van der Waals surface area contributed by atoms with Gasteiger partial charge in [-0.3, -0.25) is 4.79 Å². The number of hydrogen-bond acceptors (Lipinski definition) is 4. The van der Waals surface area contributed by atoms with Gasteiger partial charge in [0.1, 0.15) is 22.4 Å². The van der Waals surface area contributed by atoms with Crippen LogP contribution in [0.2, 0.25) is 0 Å². The predicted molar refractivity (Wildman–Crippen MR) is 85.0 cm³/mol. The Morgan fingerprint density at radius 3 is 2.68 bits per heavy atom. The number of Topliss-reactive ketones (excluding diaryl/α,β-unsaturated/α-hetero) is 1. The molecule has 0 saturated carbocycles. The Labute approximate surface area is 131 Å². The number of aromatic nitrogens is 1. The fraction of sp³-hybridized carbons (Fsp3) is 0.176. The third kappa shape index (κ3) is 3.31. The Bertz CT molecular complexity index is 811. The van der Waals surface area contributed by atoms with Gasteiger partial charge in [0.25, 0.3) is 0 Å². The van der Waals surface area contributed by atoms with E-state index < -0.39 is 0 Å². The Balaban J connectivity index is 1.72. The third-order valence-electron chi connectivity index (χ3n) is 3.30. The number of hydrogen-bond donors (Lipinski definition) is 0. The van der Waals surface area contributed by atoms with Crippen LogP contribution < -0.4 is 4.74 Å². The van der Waals surface area contributed by atoms with Crippen LogP contribution >= 0.6 is 11.3 Å². The van der Waals surface area contributed by atoms with Crippen LogP contribution in [-0.4, -0.2) is 17.9 Å². The highest BCUT2D eigenvalue weighted by Gasteiger charge is 2.10. The number of carbonyl (C=O) groups is 1. The van der Waals surface area contributed by atoms with Crippen molar-refractivity contribution in [3.63, 3.8) is 0 Å². The van der Waals surface area contributed by atoms with Crippen molar-refractivity contribution < 1.29 is 13.9 Å². The number of ketones is 1. The maximum Gasteiger partial charge on any atom is 0.144 e. The molecule has 112 valence electrons. The first-order chi connectivity index (χ1) is 10.6. The summed E-state index contributed by atoms with van der Waals surface area (Å²) < 4.78 is 19.0. The minimum Gasteiger partial charge on any atom is -0.497 e. The number of fused-ring (bicyclic) bond motifs is 1. The van der Waals surface area contributed by atoms with Crippen molar-refractivity contribution in [3.8, 4) is 5.75 Å². The van der Waals surface area contributed by atoms with Crippen LogP contribution in [0.5, 0.6) is 5.75 Å². The summed E-state index contributed by atoms with van der Waals surface area (Å²) in [7, 11) is 1.62. The highest BCUT2D eigenvalue weighted by Crippen LogP contribution is 2.26. The maximum absolute atomic E-state index is 12.8. The van der Waals surface area contributed by atoms with Gasteiger partial charge in [-0.1, -0.05) is 12.1 Å². The number of halogens is 1. The van der Waals surface area contributed by atoms with E-state index in [9.17, 15) is 9.18 Å². The minimum atomic E-state index is -0.295. The molecule has 0 fully saturated rings. The van der Waals surface area contributed by atoms with Gasteiger partial charge < -0.3 is 4.74 Å². The molecule has 22 heavy (non-hydrogen) atoms. The molecule has 0 saturated heterocycles. The van der Waals surface area contributed by atoms with Gasteiger partial charge in [0.15, 0.2) is 0 Å². The molecule has 0 atom stereocenters. The molecule has 3 aromatic rings. The van der Waals surface area contributed by atoms with E-state index in [1.165, 1.54) is 23.5 Å². The zero-order valence-electron chi connectivity index (χ0n) is 12.0. The van der Waals surface area contributed by atoms with Crippen LogP contribution in [0.4, 0.5) is 4.39 Å². The van der Waals surface area contributed by atoms with Crippen molar-refractivity contribution in [2.75, 3.05) is 7.11 Å². The third-order valence-corrected chi connectivity index (χ3v) is 4.32. The minimum absolute atomic E-state index is 0.0672. The largest absolute Gasteiger partial charge is 0.497 e. The summed E-state index contributed by atoms with van der Waals surface area (Å²) in [6.07, 6.45) is 0.582. The van der Waals surface area contributed by atoms with Crippen LogP contribution in [0, 0.1) is 5.82 Å². The molecular formula is C17H14FNO2S. The first-order valence-electron chi connectivity index (χ1n) is 6.83. The van der Waals surface area contributed by atoms with Crippen LogP contribution in [0.25, 0.3) is 10.2 Å². The summed E-state index contributed by atoms with van der Waals surface area (Å²) >= 11 is 1.50. The Morgan fingerprint density at radius 1 is 1.18 bits per heavy atom. The second kappa shape index (κ2) is 6.23. The summed E-state index contributed by atoms with van der Waals surface area (Å²) in [6.45, 7) is 0. The molecule has 3 rings (SSSR count). The summed E-state index contributed by atoms with van der Waals surface area (Å²) in [5, 5.41) is 0.787. The molecule has 5 heteroatoms. The fourth-order valence-corrected chi connectivity index (χ4v) is 3.24. The number of nitrogens with zero attached hydrogens (tertiary/aromatic N) is 1.